The average Bonchev–Trinajstić information content (AvgIpc) is 2.68. The van der Waals surface area contributed by atoms with E-state index in [4.69, 9.17) is 0 Å². The minimum absolute atomic E-state index is 0.0967. The second kappa shape index (κ2) is 3.62. The SMILES string of the molecule is CN1C(=O)CC(=O)N(C2CCNC2)C1=O. The van der Waals surface area contributed by atoms with Crippen molar-refractivity contribution in [3.8, 4) is 0 Å². The highest BCUT2D eigenvalue weighted by molar-refractivity contribution is 6.14. The summed E-state index contributed by atoms with van der Waals surface area (Å²) >= 11 is 0. The summed E-state index contributed by atoms with van der Waals surface area (Å²) in [7, 11) is 1.41. The third-order valence-corrected chi connectivity index (χ3v) is 2.84. The zero-order valence-corrected chi connectivity index (χ0v) is 8.52. The van der Waals surface area contributed by atoms with Crippen LogP contribution in [0.1, 0.15) is 12.8 Å². The largest absolute Gasteiger partial charge is 0.333 e. The Morgan fingerprint density at radius 2 is 2.00 bits per heavy atom. The molecule has 1 atom stereocenters. The monoisotopic (exact) mass is 211 g/mol. The molecule has 1 N–H and O–H groups in total. The normalized spacial score (nSPS) is 27.8. The second-order valence-corrected chi connectivity index (χ2v) is 3.82. The average molecular weight is 211 g/mol. The first-order valence-electron chi connectivity index (χ1n) is 4.94. The summed E-state index contributed by atoms with van der Waals surface area (Å²) in [5.74, 6) is -0.802. The van der Waals surface area contributed by atoms with Gasteiger partial charge in [-0.15, -0.1) is 0 Å². The first-order valence-corrected chi connectivity index (χ1v) is 4.94. The highest BCUT2D eigenvalue weighted by Crippen LogP contribution is 2.17. The number of nitrogens with zero attached hydrogens (tertiary/aromatic N) is 2. The number of carbonyl (C=O) groups is 3. The Balaban J connectivity index is 2.19. The molecule has 2 heterocycles. The van der Waals surface area contributed by atoms with Crippen LogP contribution >= 0.6 is 0 Å². The smallest absolute Gasteiger partial charge is 0.315 e. The molecule has 2 aliphatic heterocycles. The number of nitrogens with one attached hydrogen (secondary N) is 1. The zero-order chi connectivity index (χ0) is 11.0. The van der Waals surface area contributed by atoms with E-state index < -0.39 is 11.9 Å². The summed E-state index contributed by atoms with van der Waals surface area (Å²) in [5, 5.41) is 3.09. The van der Waals surface area contributed by atoms with E-state index >= 15 is 0 Å². The molecule has 0 bridgehead atoms. The number of barbiturate groups is 1. The maximum absolute atomic E-state index is 11.7. The van der Waals surface area contributed by atoms with Gasteiger partial charge in [-0.25, -0.2) is 4.79 Å². The van der Waals surface area contributed by atoms with E-state index in [0.717, 1.165) is 17.9 Å². The topological polar surface area (TPSA) is 69.7 Å². The molecule has 0 radical (unpaired) electrons. The van der Waals surface area contributed by atoms with Gasteiger partial charge < -0.3 is 5.32 Å². The summed E-state index contributed by atoms with van der Waals surface area (Å²) in [6, 6.07) is -0.592. The van der Waals surface area contributed by atoms with Gasteiger partial charge in [-0.05, 0) is 13.0 Å². The first kappa shape index (κ1) is 10.1. The molecule has 15 heavy (non-hydrogen) atoms. The van der Waals surface area contributed by atoms with E-state index in [1.165, 1.54) is 11.9 Å². The molecule has 2 fully saturated rings. The van der Waals surface area contributed by atoms with Gasteiger partial charge in [-0.2, -0.15) is 0 Å². The number of hydrogen-bond acceptors (Lipinski definition) is 4. The van der Waals surface area contributed by atoms with Crippen LogP contribution in [0.3, 0.4) is 0 Å². The fourth-order valence-electron chi connectivity index (χ4n) is 1.93. The Kier molecular flexibility index (Phi) is 2.44. The molecule has 2 aliphatic rings. The molecule has 6 nitrogen and oxygen atoms in total. The number of carbonyl (C=O) groups excluding carboxylic acids is 3. The van der Waals surface area contributed by atoms with Gasteiger partial charge in [0.25, 0.3) is 0 Å². The van der Waals surface area contributed by atoms with E-state index in [9.17, 15) is 14.4 Å². The van der Waals surface area contributed by atoms with E-state index in [1.807, 2.05) is 0 Å². The van der Waals surface area contributed by atoms with Crippen LogP contribution in [0.15, 0.2) is 0 Å². The molecule has 82 valence electrons. The highest BCUT2D eigenvalue weighted by atomic mass is 16.2. The molecule has 2 rings (SSSR count). The summed E-state index contributed by atoms with van der Waals surface area (Å²) in [6.45, 7) is 1.43. The Bertz CT molecular complexity index is 323. The van der Waals surface area contributed by atoms with Crippen molar-refractivity contribution in [3.05, 3.63) is 0 Å². The molecule has 0 spiro atoms. The predicted octanol–water partition coefficient (Wildman–Crippen LogP) is -0.841. The standard InChI is InChI=1S/C9H13N3O3/c1-11-7(13)4-8(14)12(9(11)15)6-2-3-10-5-6/h6,10H,2-5H2,1H3. The molecule has 0 aromatic heterocycles. The van der Waals surface area contributed by atoms with Crippen LogP contribution in [0.5, 0.6) is 0 Å². The van der Waals surface area contributed by atoms with E-state index in [2.05, 4.69) is 5.32 Å². The lowest BCUT2D eigenvalue weighted by atomic mass is 10.1. The van der Waals surface area contributed by atoms with Crippen LogP contribution < -0.4 is 5.32 Å². The number of imide groups is 2. The number of rotatable bonds is 1. The lowest BCUT2D eigenvalue weighted by Crippen LogP contribution is -2.57. The maximum Gasteiger partial charge on any atom is 0.333 e. The molecular weight excluding hydrogens is 198 g/mol. The molecule has 0 aromatic rings. The molecule has 0 aromatic carbocycles. The Morgan fingerprint density at radius 1 is 1.27 bits per heavy atom. The summed E-state index contributed by atoms with van der Waals surface area (Å²) in [5.41, 5.74) is 0. The molecule has 6 heteroatoms. The Labute approximate surface area is 87.2 Å². The van der Waals surface area contributed by atoms with Crippen molar-refractivity contribution in [3.63, 3.8) is 0 Å². The summed E-state index contributed by atoms with van der Waals surface area (Å²) in [4.78, 5) is 36.7. The van der Waals surface area contributed by atoms with Crippen LogP contribution in [0.25, 0.3) is 0 Å². The maximum atomic E-state index is 11.7. The third-order valence-electron chi connectivity index (χ3n) is 2.84. The predicted molar refractivity (Wildman–Crippen MR) is 50.9 cm³/mol. The molecule has 4 amide bonds. The van der Waals surface area contributed by atoms with Crippen LogP contribution in [-0.2, 0) is 9.59 Å². The molecule has 0 saturated carbocycles. The van der Waals surface area contributed by atoms with Crippen molar-refractivity contribution in [1.82, 2.24) is 15.1 Å². The van der Waals surface area contributed by atoms with E-state index in [1.54, 1.807) is 0 Å². The van der Waals surface area contributed by atoms with Crippen LogP contribution in [0.2, 0.25) is 0 Å². The van der Waals surface area contributed by atoms with Gasteiger partial charge in [-0.3, -0.25) is 19.4 Å². The van der Waals surface area contributed by atoms with Gasteiger partial charge in [0, 0.05) is 13.6 Å². The van der Waals surface area contributed by atoms with Gasteiger partial charge in [0.15, 0.2) is 0 Å². The summed E-state index contributed by atoms with van der Waals surface area (Å²) in [6.07, 6.45) is 0.568. The lowest BCUT2D eigenvalue weighted by Gasteiger charge is -2.33. The van der Waals surface area contributed by atoms with Gasteiger partial charge in [0.2, 0.25) is 11.8 Å². The number of amides is 4. The van der Waals surface area contributed by atoms with Crippen LogP contribution in [-0.4, -0.2) is 53.8 Å². The number of urea groups is 1. The molecule has 2 saturated heterocycles. The van der Waals surface area contributed by atoms with E-state index in [0.29, 0.717) is 6.54 Å². The van der Waals surface area contributed by atoms with Crippen LogP contribution in [0.4, 0.5) is 4.79 Å². The fraction of sp³-hybridized carbons (Fsp3) is 0.667. The molecular formula is C9H13N3O3. The quantitative estimate of drug-likeness (QED) is 0.574. The third kappa shape index (κ3) is 1.61. The van der Waals surface area contributed by atoms with Gasteiger partial charge in [-0.1, -0.05) is 0 Å². The Hall–Kier alpha value is -1.43. The first-order chi connectivity index (χ1) is 7.11. The molecule has 1 unspecified atom stereocenters. The van der Waals surface area contributed by atoms with Crippen LogP contribution in [0, 0.1) is 0 Å². The highest BCUT2D eigenvalue weighted by Gasteiger charge is 2.40. The van der Waals surface area contributed by atoms with Gasteiger partial charge in [0.1, 0.15) is 6.42 Å². The Morgan fingerprint density at radius 3 is 2.60 bits per heavy atom. The molecule has 0 aliphatic carbocycles. The van der Waals surface area contributed by atoms with Crippen molar-refractivity contribution in [2.45, 2.75) is 18.9 Å². The van der Waals surface area contributed by atoms with Crippen molar-refractivity contribution >= 4 is 17.8 Å². The minimum atomic E-state index is -0.495. The second-order valence-electron chi connectivity index (χ2n) is 3.82. The van der Waals surface area contributed by atoms with Crippen molar-refractivity contribution < 1.29 is 14.4 Å². The lowest BCUT2D eigenvalue weighted by molar-refractivity contribution is -0.142. The van der Waals surface area contributed by atoms with Crippen molar-refractivity contribution in [1.29, 1.82) is 0 Å². The van der Waals surface area contributed by atoms with Crippen molar-refractivity contribution in [2.24, 2.45) is 0 Å². The van der Waals surface area contributed by atoms with E-state index in [-0.39, 0.29) is 18.4 Å². The zero-order valence-electron chi connectivity index (χ0n) is 8.52. The van der Waals surface area contributed by atoms with Gasteiger partial charge >= 0.3 is 6.03 Å². The van der Waals surface area contributed by atoms with Gasteiger partial charge in [0.05, 0.1) is 6.04 Å². The van der Waals surface area contributed by atoms with Crippen molar-refractivity contribution in [2.75, 3.05) is 20.1 Å². The number of hydrogen-bond donors (Lipinski definition) is 1. The summed E-state index contributed by atoms with van der Waals surface area (Å²) < 4.78 is 0. The minimum Gasteiger partial charge on any atom is -0.315 e. The fourth-order valence-corrected chi connectivity index (χ4v) is 1.93.